The summed E-state index contributed by atoms with van der Waals surface area (Å²) in [6.07, 6.45) is 1.78. The molecule has 3 unspecified atom stereocenters. The number of hydrogen-bond acceptors (Lipinski definition) is 4. The summed E-state index contributed by atoms with van der Waals surface area (Å²) in [5.41, 5.74) is 1.04. The number of benzene rings is 1. The van der Waals surface area contributed by atoms with Gasteiger partial charge < -0.3 is 14.5 Å². The van der Waals surface area contributed by atoms with Crippen molar-refractivity contribution in [3.05, 3.63) is 35.9 Å². The van der Waals surface area contributed by atoms with Crippen molar-refractivity contribution in [2.45, 2.75) is 58.8 Å². The third-order valence-corrected chi connectivity index (χ3v) is 6.40. The van der Waals surface area contributed by atoms with E-state index in [-0.39, 0.29) is 36.0 Å². The Kier molecular flexibility index (Phi) is 7.89. The molecule has 1 aromatic rings. The van der Waals surface area contributed by atoms with Gasteiger partial charge in [-0.25, -0.2) is 0 Å². The second kappa shape index (κ2) is 10.4. The fraction of sp³-hybridized carbons (Fsp3) is 0.667. The molecule has 30 heavy (non-hydrogen) atoms. The van der Waals surface area contributed by atoms with Gasteiger partial charge in [-0.2, -0.15) is 0 Å². The van der Waals surface area contributed by atoms with Gasteiger partial charge in [-0.05, 0) is 59.2 Å². The molecule has 0 N–H and O–H groups in total. The van der Waals surface area contributed by atoms with E-state index in [1.807, 2.05) is 67.8 Å². The van der Waals surface area contributed by atoms with Crippen LogP contribution in [0.1, 0.15) is 52.1 Å². The number of hydrogen-bond donors (Lipinski definition) is 0. The molecule has 0 spiro atoms. The zero-order valence-corrected chi connectivity index (χ0v) is 18.9. The molecule has 3 atom stereocenters. The SMILES string of the molecule is CCN(CC)C(=O)C(c1ccccc1)N1CCC(C(=O)N2CC(C)OC(C)C2)CC1. The Morgan fingerprint density at radius 3 is 2.13 bits per heavy atom. The van der Waals surface area contributed by atoms with E-state index >= 15 is 0 Å². The van der Waals surface area contributed by atoms with Gasteiger partial charge in [0.05, 0.1) is 12.2 Å². The summed E-state index contributed by atoms with van der Waals surface area (Å²) in [4.78, 5) is 32.6. The number of nitrogens with zero attached hydrogens (tertiary/aromatic N) is 3. The highest BCUT2D eigenvalue weighted by Crippen LogP contribution is 2.30. The third kappa shape index (κ3) is 5.22. The Bertz CT molecular complexity index is 689. The molecule has 2 saturated heterocycles. The number of ether oxygens (including phenoxy) is 1. The summed E-state index contributed by atoms with van der Waals surface area (Å²) in [7, 11) is 0. The zero-order chi connectivity index (χ0) is 21.7. The smallest absolute Gasteiger partial charge is 0.244 e. The van der Waals surface area contributed by atoms with Gasteiger partial charge in [-0.3, -0.25) is 14.5 Å². The van der Waals surface area contributed by atoms with Crippen molar-refractivity contribution < 1.29 is 14.3 Å². The maximum atomic E-state index is 13.3. The summed E-state index contributed by atoms with van der Waals surface area (Å²) in [6, 6.07) is 9.78. The average molecular weight is 416 g/mol. The van der Waals surface area contributed by atoms with Gasteiger partial charge in [-0.15, -0.1) is 0 Å². The summed E-state index contributed by atoms with van der Waals surface area (Å²) in [5.74, 6) is 0.452. The second-order valence-corrected chi connectivity index (χ2v) is 8.63. The van der Waals surface area contributed by atoms with E-state index in [1.165, 1.54) is 0 Å². The molecule has 2 amide bonds. The minimum absolute atomic E-state index is 0.0405. The standard InChI is InChI=1S/C24H37N3O3/c1-5-25(6-2)24(29)22(20-10-8-7-9-11-20)26-14-12-21(13-15-26)23(28)27-16-18(3)30-19(4)17-27/h7-11,18-19,21-22H,5-6,12-17H2,1-4H3. The number of likely N-dealkylation sites (tertiary alicyclic amines) is 1. The largest absolute Gasteiger partial charge is 0.372 e. The molecule has 0 aliphatic carbocycles. The predicted molar refractivity (Wildman–Crippen MR) is 118 cm³/mol. The van der Waals surface area contributed by atoms with Crippen LogP contribution in [-0.2, 0) is 14.3 Å². The van der Waals surface area contributed by atoms with Crippen LogP contribution in [-0.4, -0.2) is 78.0 Å². The topological polar surface area (TPSA) is 53.1 Å². The van der Waals surface area contributed by atoms with Gasteiger partial charge >= 0.3 is 0 Å². The van der Waals surface area contributed by atoms with Gasteiger partial charge in [-0.1, -0.05) is 30.3 Å². The lowest BCUT2D eigenvalue weighted by molar-refractivity contribution is -0.149. The first-order valence-electron chi connectivity index (χ1n) is 11.5. The molecule has 0 radical (unpaired) electrons. The molecule has 1 aromatic carbocycles. The van der Waals surface area contributed by atoms with Crippen molar-refractivity contribution in [3.63, 3.8) is 0 Å². The number of piperidine rings is 1. The predicted octanol–water partition coefficient (Wildman–Crippen LogP) is 2.94. The number of amides is 2. The molecule has 0 aromatic heterocycles. The lowest BCUT2D eigenvalue weighted by atomic mass is 9.92. The average Bonchev–Trinajstić information content (AvgIpc) is 2.75. The molecular formula is C24H37N3O3. The Morgan fingerprint density at radius 1 is 1.03 bits per heavy atom. The fourth-order valence-electron chi connectivity index (χ4n) is 4.87. The van der Waals surface area contributed by atoms with E-state index in [0.717, 1.165) is 31.5 Å². The van der Waals surface area contributed by atoms with Crippen molar-refractivity contribution in [1.29, 1.82) is 0 Å². The second-order valence-electron chi connectivity index (χ2n) is 8.63. The minimum Gasteiger partial charge on any atom is -0.372 e. The number of morpholine rings is 1. The summed E-state index contributed by atoms with van der Waals surface area (Å²) < 4.78 is 5.78. The molecule has 2 fully saturated rings. The summed E-state index contributed by atoms with van der Waals surface area (Å²) in [5, 5.41) is 0. The molecule has 6 nitrogen and oxygen atoms in total. The van der Waals surface area contributed by atoms with Crippen LogP contribution >= 0.6 is 0 Å². The van der Waals surface area contributed by atoms with E-state index in [2.05, 4.69) is 4.90 Å². The summed E-state index contributed by atoms with van der Waals surface area (Å²) in [6.45, 7) is 12.4. The molecule has 2 heterocycles. The number of carbonyl (C=O) groups is 2. The number of rotatable bonds is 6. The summed E-state index contributed by atoms with van der Waals surface area (Å²) >= 11 is 0. The highest BCUT2D eigenvalue weighted by atomic mass is 16.5. The first-order valence-corrected chi connectivity index (χ1v) is 11.5. The number of carbonyl (C=O) groups excluding carboxylic acids is 2. The van der Waals surface area contributed by atoms with E-state index in [1.54, 1.807) is 0 Å². The Labute approximate surface area is 181 Å². The van der Waals surface area contributed by atoms with Crippen molar-refractivity contribution in [1.82, 2.24) is 14.7 Å². The molecule has 0 bridgehead atoms. The molecule has 2 aliphatic heterocycles. The quantitative estimate of drug-likeness (QED) is 0.717. The van der Waals surface area contributed by atoms with Gasteiger partial charge in [0.15, 0.2) is 0 Å². The maximum absolute atomic E-state index is 13.3. The van der Waals surface area contributed by atoms with Crippen molar-refractivity contribution in [2.24, 2.45) is 5.92 Å². The number of likely N-dealkylation sites (N-methyl/N-ethyl adjacent to an activating group) is 1. The molecule has 2 aliphatic rings. The van der Waals surface area contributed by atoms with Crippen LogP contribution in [0.2, 0.25) is 0 Å². The zero-order valence-electron chi connectivity index (χ0n) is 18.9. The van der Waals surface area contributed by atoms with Crippen LogP contribution in [0.5, 0.6) is 0 Å². The molecule has 166 valence electrons. The van der Waals surface area contributed by atoms with Gasteiger partial charge in [0, 0.05) is 32.1 Å². The Morgan fingerprint density at radius 2 is 1.60 bits per heavy atom. The van der Waals surface area contributed by atoms with Crippen LogP contribution in [0.3, 0.4) is 0 Å². The van der Waals surface area contributed by atoms with Crippen LogP contribution in [0.25, 0.3) is 0 Å². The van der Waals surface area contributed by atoms with Crippen LogP contribution < -0.4 is 0 Å². The van der Waals surface area contributed by atoms with E-state index in [9.17, 15) is 9.59 Å². The van der Waals surface area contributed by atoms with Gasteiger partial charge in [0.25, 0.3) is 0 Å². The van der Waals surface area contributed by atoms with E-state index < -0.39 is 0 Å². The van der Waals surface area contributed by atoms with E-state index in [0.29, 0.717) is 26.2 Å². The molecular weight excluding hydrogens is 378 g/mol. The maximum Gasteiger partial charge on any atom is 0.244 e. The lowest BCUT2D eigenvalue weighted by Crippen LogP contribution is -2.52. The van der Waals surface area contributed by atoms with Crippen LogP contribution in [0, 0.1) is 5.92 Å². The third-order valence-electron chi connectivity index (χ3n) is 6.40. The minimum atomic E-state index is -0.273. The molecule has 3 rings (SSSR count). The lowest BCUT2D eigenvalue weighted by Gasteiger charge is -2.41. The first-order chi connectivity index (χ1) is 14.4. The van der Waals surface area contributed by atoms with E-state index in [4.69, 9.17) is 4.74 Å². The normalized spacial score (nSPS) is 24.5. The highest BCUT2D eigenvalue weighted by Gasteiger charge is 2.37. The Balaban J connectivity index is 1.68. The first kappa shape index (κ1) is 22.8. The fourth-order valence-corrected chi connectivity index (χ4v) is 4.87. The van der Waals surface area contributed by atoms with Crippen LogP contribution in [0.4, 0.5) is 0 Å². The van der Waals surface area contributed by atoms with Crippen molar-refractivity contribution in [2.75, 3.05) is 39.3 Å². The van der Waals surface area contributed by atoms with Gasteiger partial charge in [0.2, 0.25) is 11.8 Å². The van der Waals surface area contributed by atoms with Crippen LogP contribution in [0.15, 0.2) is 30.3 Å². The monoisotopic (exact) mass is 415 g/mol. The highest BCUT2D eigenvalue weighted by molar-refractivity contribution is 5.83. The Hall–Kier alpha value is -1.92. The van der Waals surface area contributed by atoms with Gasteiger partial charge in [0.1, 0.15) is 6.04 Å². The molecule has 0 saturated carbocycles. The molecule has 6 heteroatoms. The van der Waals surface area contributed by atoms with Crippen molar-refractivity contribution >= 4 is 11.8 Å². The van der Waals surface area contributed by atoms with Crippen molar-refractivity contribution in [3.8, 4) is 0 Å².